The van der Waals surface area contributed by atoms with Crippen molar-refractivity contribution in [2.45, 2.75) is 71.9 Å². The number of nitrogens with zero attached hydrogens (tertiary/aromatic N) is 3. The molecule has 0 aromatic heterocycles. The van der Waals surface area contributed by atoms with Gasteiger partial charge >= 0.3 is 6.09 Å². The lowest BCUT2D eigenvalue weighted by molar-refractivity contribution is 0.0507. The lowest BCUT2D eigenvalue weighted by Gasteiger charge is -2.30. The summed E-state index contributed by atoms with van der Waals surface area (Å²) < 4.78 is 5.37. The van der Waals surface area contributed by atoms with Crippen LogP contribution >= 0.6 is 24.0 Å². The predicted octanol–water partition coefficient (Wildman–Crippen LogP) is 3.29. The van der Waals surface area contributed by atoms with Crippen molar-refractivity contribution < 1.29 is 9.53 Å². The Kier molecular flexibility index (Phi) is 11.6. The summed E-state index contributed by atoms with van der Waals surface area (Å²) in [7, 11) is 0. The number of guanidine groups is 1. The molecule has 0 aromatic rings. The number of hydrogen-bond donors (Lipinski definition) is 2. The number of nitrogens with one attached hydrogen (secondary N) is 2. The Bertz CT molecular complexity index is 516. The van der Waals surface area contributed by atoms with Crippen molar-refractivity contribution in [2.75, 3.05) is 45.8 Å². The van der Waals surface area contributed by atoms with E-state index in [0.717, 1.165) is 44.5 Å². The maximum atomic E-state index is 12.0. The summed E-state index contributed by atoms with van der Waals surface area (Å²) in [5.41, 5.74) is -0.466. The van der Waals surface area contributed by atoms with Crippen molar-refractivity contribution in [3.05, 3.63) is 0 Å². The molecule has 2 rings (SSSR count). The molecule has 29 heavy (non-hydrogen) atoms. The Morgan fingerprint density at radius 2 is 1.83 bits per heavy atom. The van der Waals surface area contributed by atoms with Crippen molar-refractivity contribution in [3.63, 3.8) is 0 Å². The maximum absolute atomic E-state index is 12.0. The number of likely N-dealkylation sites (tertiary alicyclic amines) is 2. The fourth-order valence-corrected chi connectivity index (χ4v) is 3.91. The first-order valence-electron chi connectivity index (χ1n) is 11.1. The van der Waals surface area contributed by atoms with Gasteiger partial charge < -0.3 is 25.2 Å². The molecular formula is C21H42IN5O2. The van der Waals surface area contributed by atoms with Crippen LogP contribution in [0.1, 0.15) is 60.3 Å². The minimum Gasteiger partial charge on any atom is -0.444 e. The molecule has 0 aromatic carbocycles. The van der Waals surface area contributed by atoms with E-state index in [1.165, 1.54) is 38.9 Å². The Morgan fingerprint density at radius 3 is 2.41 bits per heavy atom. The molecule has 1 atom stereocenters. The van der Waals surface area contributed by atoms with Gasteiger partial charge in [-0.2, -0.15) is 0 Å². The Balaban J connectivity index is 0.00000420. The standard InChI is InChI=1S/C21H41N5O2.HI/c1-6-22-19(23-12-8-17-9-13-25(7-2)14-10-17)26-15-11-18(16-26)24-20(27)28-21(3,4)5;/h17-18H,6-16H2,1-5H3,(H,22,23)(H,24,27);1H. The smallest absolute Gasteiger partial charge is 0.407 e. The lowest BCUT2D eigenvalue weighted by atomic mass is 9.94. The quantitative estimate of drug-likeness (QED) is 0.318. The van der Waals surface area contributed by atoms with Gasteiger partial charge in [0.15, 0.2) is 5.96 Å². The first-order valence-corrected chi connectivity index (χ1v) is 11.1. The molecule has 1 unspecified atom stereocenters. The van der Waals surface area contributed by atoms with Gasteiger partial charge in [-0.1, -0.05) is 6.92 Å². The van der Waals surface area contributed by atoms with Crippen molar-refractivity contribution in [3.8, 4) is 0 Å². The summed E-state index contributed by atoms with van der Waals surface area (Å²) in [6.07, 6.45) is 4.34. The molecule has 1 amide bonds. The van der Waals surface area contributed by atoms with E-state index in [2.05, 4.69) is 34.3 Å². The molecule has 2 saturated heterocycles. The van der Waals surface area contributed by atoms with Crippen LogP contribution in [0, 0.1) is 5.92 Å². The van der Waals surface area contributed by atoms with E-state index in [0.29, 0.717) is 0 Å². The summed E-state index contributed by atoms with van der Waals surface area (Å²) >= 11 is 0. The van der Waals surface area contributed by atoms with Crippen LogP contribution in [0.3, 0.4) is 0 Å². The highest BCUT2D eigenvalue weighted by Crippen LogP contribution is 2.20. The summed E-state index contributed by atoms with van der Waals surface area (Å²) in [5.74, 6) is 1.77. The molecule has 0 saturated carbocycles. The van der Waals surface area contributed by atoms with E-state index in [1.807, 2.05) is 20.8 Å². The highest BCUT2D eigenvalue weighted by atomic mass is 127. The van der Waals surface area contributed by atoms with Crippen LogP contribution in [0.15, 0.2) is 4.99 Å². The molecule has 2 fully saturated rings. The summed E-state index contributed by atoms with van der Waals surface area (Å²) in [4.78, 5) is 21.7. The Morgan fingerprint density at radius 1 is 1.14 bits per heavy atom. The van der Waals surface area contributed by atoms with Gasteiger partial charge in [0.05, 0.1) is 6.04 Å². The number of hydrogen-bond acceptors (Lipinski definition) is 4. The average Bonchev–Trinajstić information content (AvgIpc) is 3.08. The second-order valence-corrected chi connectivity index (χ2v) is 8.98. The van der Waals surface area contributed by atoms with Gasteiger partial charge in [0.25, 0.3) is 0 Å². The fourth-order valence-electron chi connectivity index (χ4n) is 3.91. The van der Waals surface area contributed by atoms with Gasteiger partial charge in [0.1, 0.15) is 5.60 Å². The van der Waals surface area contributed by atoms with Gasteiger partial charge in [-0.05, 0) is 78.9 Å². The maximum Gasteiger partial charge on any atom is 0.407 e. The Hall–Kier alpha value is -0.770. The van der Waals surface area contributed by atoms with Crippen molar-refractivity contribution >= 4 is 36.0 Å². The SMILES string of the molecule is CCNC(=NCCC1CCN(CC)CC1)N1CCC(NC(=O)OC(C)(C)C)C1.I. The third-order valence-electron chi connectivity index (χ3n) is 5.50. The molecule has 0 bridgehead atoms. The topological polar surface area (TPSA) is 69.2 Å². The number of piperidine rings is 1. The summed E-state index contributed by atoms with van der Waals surface area (Å²) in [6, 6.07) is 0.108. The lowest BCUT2D eigenvalue weighted by Crippen LogP contribution is -2.44. The molecular weight excluding hydrogens is 481 g/mol. The molecule has 0 aliphatic carbocycles. The predicted molar refractivity (Wildman–Crippen MR) is 130 cm³/mol. The van der Waals surface area contributed by atoms with Crippen molar-refractivity contribution in [2.24, 2.45) is 10.9 Å². The minimum atomic E-state index is -0.466. The fraction of sp³-hybridized carbons (Fsp3) is 0.905. The van der Waals surface area contributed by atoms with E-state index in [9.17, 15) is 4.79 Å². The number of carbonyl (C=O) groups excluding carboxylic acids is 1. The van der Waals surface area contributed by atoms with E-state index in [1.54, 1.807) is 0 Å². The first kappa shape index (κ1) is 26.3. The van der Waals surface area contributed by atoms with Crippen LogP contribution in [0.25, 0.3) is 0 Å². The van der Waals surface area contributed by atoms with Crippen LogP contribution in [0.2, 0.25) is 0 Å². The van der Waals surface area contributed by atoms with Gasteiger partial charge in [-0.25, -0.2) is 4.79 Å². The number of amides is 1. The van der Waals surface area contributed by atoms with Crippen LogP contribution in [0.4, 0.5) is 4.79 Å². The Labute approximate surface area is 194 Å². The van der Waals surface area contributed by atoms with Crippen molar-refractivity contribution in [1.82, 2.24) is 20.4 Å². The van der Waals surface area contributed by atoms with Crippen LogP contribution in [-0.2, 0) is 4.74 Å². The molecule has 2 aliphatic heterocycles. The monoisotopic (exact) mass is 523 g/mol. The zero-order valence-electron chi connectivity index (χ0n) is 19.0. The minimum absolute atomic E-state index is 0. The molecule has 0 radical (unpaired) electrons. The van der Waals surface area contributed by atoms with E-state index < -0.39 is 5.60 Å². The van der Waals surface area contributed by atoms with Crippen molar-refractivity contribution in [1.29, 1.82) is 0 Å². The highest BCUT2D eigenvalue weighted by molar-refractivity contribution is 14.0. The van der Waals surface area contributed by atoms with Crippen LogP contribution < -0.4 is 10.6 Å². The van der Waals surface area contributed by atoms with Crippen LogP contribution in [0.5, 0.6) is 0 Å². The number of carbonyl (C=O) groups is 1. The molecule has 8 heteroatoms. The molecule has 2 heterocycles. The second-order valence-electron chi connectivity index (χ2n) is 8.98. The van der Waals surface area contributed by atoms with E-state index >= 15 is 0 Å². The summed E-state index contributed by atoms with van der Waals surface area (Å²) in [6.45, 7) is 17.0. The number of aliphatic imine (C=N–C) groups is 1. The van der Waals surface area contributed by atoms with E-state index in [-0.39, 0.29) is 36.1 Å². The normalized spacial score (nSPS) is 21.6. The third kappa shape index (κ3) is 9.72. The zero-order valence-corrected chi connectivity index (χ0v) is 21.3. The molecule has 2 aliphatic rings. The van der Waals surface area contributed by atoms with Crippen LogP contribution in [-0.4, -0.2) is 79.3 Å². The molecule has 7 nitrogen and oxygen atoms in total. The third-order valence-corrected chi connectivity index (χ3v) is 5.50. The molecule has 170 valence electrons. The van der Waals surface area contributed by atoms with Gasteiger partial charge in [0.2, 0.25) is 0 Å². The van der Waals surface area contributed by atoms with Gasteiger partial charge in [-0.15, -0.1) is 24.0 Å². The first-order chi connectivity index (χ1) is 13.3. The molecule has 0 spiro atoms. The van der Waals surface area contributed by atoms with E-state index in [4.69, 9.17) is 9.73 Å². The number of rotatable bonds is 6. The number of ether oxygens (including phenoxy) is 1. The summed E-state index contributed by atoms with van der Waals surface area (Å²) in [5, 5.41) is 6.40. The van der Waals surface area contributed by atoms with Gasteiger partial charge in [0, 0.05) is 26.2 Å². The van der Waals surface area contributed by atoms with Gasteiger partial charge in [-0.3, -0.25) is 4.99 Å². The largest absolute Gasteiger partial charge is 0.444 e. The number of halogens is 1. The zero-order chi connectivity index (χ0) is 20.6. The highest BCUT2D eigenvalue weighted by Gasteiger charge is 2.28. The number of alkyl carbamates (subject to hydrolysis) is 1. The average molecular weight is 524 g/mol. The molecule has 2 N–H and O–H groups in total. The second kappa shape index (κ2) is 12.8.